The van der Waals surface area contributed by atoms with E-state index in [-0.39, 0.29) is 25.0 Å². The Hall–Kier alpha value is -3.63. The van der Waals surface area contributed by atoms with Gasteiger partial charge in [-0.15, -0.1) is 0 Å². The highest BCUT2D eigenvalue weighted by Gasteiger charge is 2.21. The molecule has 0 saturated carbocycles. The lowest BCUT2D eigenvalue weighted by molar-refractivity contribution is 0.00815. The molecule has 0 fully saturated rings. The molecule has 1 aliphatic carbocycles. The van der Waals surface area contributed by atoms with Gasteiger partial charge < -0.3 is 25.5 Å². The van der Waals surface area contributed by atoms with Crippen LogP contribution < -0.4 is 10.5 Å². The zero-order valence-corrected chi connectivity index (χ0v) is 19.1. The topological polar surface area (TPSA) is 136 Å². The first-order chi connectivity index (χ1) is 16.4. The summed E-state index contributed by atoms with van der Waals surface area (Å²) in [6.45, 7) is 1.48. The SMILES string of the molecule is COc1cccc(-c2cccc(F)c2)n1.Cc1nc(N)nc2c1/C(=N/OCC(O)CO)CCC2. The summed E-state index contributed by atoms with van der Waals surface area (Å²) in [5.74, 6) is 0.531. The number of oxime groups is 1. The number of nitrogen functional groups attached to an aromatic ring is 1. The van der Waals surface area contributed by atoms with Crippen molar-refractivity contribution in [2.75, 3.05) is 26.1 Å². The van der Waals surface area contributed by atoms with Crippen LogP contribution in [-0.4, -0.2) is 57.3 Å². The molecule has 4 rings (SSSR count). The van der Waals surface area contributed by atoms with Crippen LogP contribution in [0.25, 0.3) is 11.3 Å². The number of hydrogen-bond donors (Lipinski definition) is 3. The van der Waals surface area contributed by atoms with E-state index in [0.29, 0.717) is 11.6 Å². The molecule has 4 N–H and O–H groups in total. The predicted octanol–water partition coefficient (Wildman–Crippen LogP) is 2.67. The van der Waals surface area contributed by atoms with Gasteiger partial charge in [0.1, 0.15) is 18.5 Å². The van der Waals surface area contributed by atoms with Gasteiger partial charge in [0.2, 0.25) is 11.8 Å². The predicted molar refractivity (Wildman–Crippen MR) is 126 cm³/mol. The average molecular weight is 470 g/mol. The largest absolute Gasteiger partial charge is 0.481 e. The third kappa shape index (κ3) is 6.69. The highest BCUT2D eigenvalue weighted by Crippen LogP contribution is 2.23. The van der Waals surface area contributed by atoms with Gasteiger partial charge in [-0.2, -0.15) is 0 Å². The van der Waals surface area contributed by atoms with Crippen molar-refractivity contribution in [2.45, 2.75) is 32.3 Å². The van der Waals surface area contributed by atoms with E-state index in [1.807, 2.05) is 25.1 Å². The van der Waals surface area contributed by atoms with Crippen LogP contribution in [0.1, 0.15) is 29.8 Å². The second-order valence-electron chi connectivity index (χ2n) is 7.59. The third-order valence-electron chi connectivity index (χ3n) is 5.00. The van der Waals surface area contributed by atoms with E-state index in [2.05, 4.69) is 20.1 Å². The van der Waals surface area contributed by atoms with Gasteiger partial charge in [0.15, 0.2) is 0 Å². The first-order valence-electron chi connectivity index (χ1n) is 10.8. The Balaban J connectivity index is 0.000000196. The molecule has 0 spiro atoms. The maximum atomic E-state index is 13.0. The zero-order valence-electron chi connectivity index (χ0n) is 19.1. The Labute approximate surface area is 197 Å². The average Bonchev–Trinajstić information content (AvgIpc) is 2.84. The number of ether oxygens (including phenoxy) is 1. The van der Waals surface area contributed by atoms with E-state index < -0.39 is 6.10 Å². The number of aromatic nitrogens is 3. The molecule has 9 nitrogen and oxygen atoms in total. The number of aryl methyl sites for hydroxylation is 2. The van der Waals surface area contributed by atoms with Crippen molar-refractivity contribution in [1.82, 2.24) is 15.0 Å². The van der Waals surface area contributed by atoms with Gasteiger partial charge in [-0.05, 0) is 44.4 Å². The second-order valence-corrected chi connectivity index (χ2v) is 7.59. The number of hydrogen-bond acceptors (Lipinski definition) is 9. The molecule has 1 aliphatic rings. The second kappa shape index (κ2) is 12.0. The molecule has 180 valence electrons. The number of nitrogens with zero attached hydrogens (tertiary/aromatic N) is 4. The first-order valence-corrected chi connectivity index (χ1v) is 10.8. The van der Waals surface area contributed by atoms with Gasteiger partial charge in [-0.25, -0.2) is 19.3 Å². The van der Waals surface area contributed by atoms with E-state index in [1.54, 1.807) is 19.2 Å². The maximum absolute atomic E-state index is 13.0. The van der Waals surface area contributed by atoms with Crippen molar-refractivity contribution in [3.05, 3.63) is 65.2 Å². The first kappa shape index (κ1) is 25.0. The summed E-state index contributed by atoms with van der Waals surface area (Å²) in [4.78, 5) is 17.6. The number of halogens is 1. The maximum Gasteiger partial charge on any atom is 0.220 e. The summed E-state index contributed by atoms with van der Waals surface area (Å²) in [6, 6.07) is 11.7. The van der Waals surface area contributed by atoms with Gasteiger partial charge in [0, 0.05) is 17.2 Å². The number of aliphatic hydroxyl groups is 2. The van der Waals surface area contributed by atoms with Crippen LogP contribution in [0.3, 0.4) is 0 Å². The molecule has 1 atom stereocenters. The zero-order chi connectivity index (χ0) is 24.5. The summed E-state index contributed by atoms with van der Waals surface area (Å²) in [6.07, 6.45) is 1.63. The van der Waals surface area contributed by atoms with Gasteiger partial charge in [-0.1, -0.05) is 23.4 Å². The minimum Gasteiger partial charge on any atom is -0.481 e. The van der Waals surface area contributed by atoms with E-state index >= 15 is 0 Å². The number of rotatable bonds is 6. The smallest absolute Gasteiger partial charge is 0.220 e. The molecular weight excluding hydrogens is 441 g/mol. The lowest BCUT2D eigenvalue weighted by Crippen LogP contribution is -2.21. The van der Waals surface area contributed by atoms with Crippen LogP contribution in [-0.2, 0) is 11.3 Å². The van der Waals surface area contributed by atoms with Crippen molar-refractivity contribution in [3.8, 4) is 17.1 Å². The number of benzene rings is 1. The Bertz CT molecular complexity index is 1140. The highest BCUT2D eigenvalue weighted by atomic mass is 19.1. The summed E-state index contributed by atoms with van der Waals surface area (Å²) in [5, 5.41) is 21.9. The van der Waals surface area contributed by atoms with Crippen molar-refractivity contribution in [3.63, 3.8) is 0 Å². The minimum absolute atomic E-state index is 0.0375. The van der Waals surface area contributed by atoms with Gasteiger partial charge in [0.25, 0.3) is 0 Å². The fourth-order valence-electron chi connectivity index (χ4n) is 3.44. The fraction of sp³-hybridized carbons (Fsp3) is 0.333. The number of anilines is 1. The number of aliphatic hydroxyl groups excluding tert-OH is 2. The Morgan fingerprint density at radius 3 is 2.68 bits per heavy atom. The van der Waals surface area contributed by atoms with E-state index in [9.17, 15) is 9.50 Å². The molecule has 0 radical (unpaired) electrons. The minimum atomic E-state index is -0.920. The summed E-state index contributed by atoms with van der Waals surface area (Å²) < 4.78 is 18.0. The van der Waals surface area contributed by atoms with Crippen LogP contribution in [0.15, 0.2) is 47.6 Å². The van der Waals surface area contributed by atoms with Crippen LogP contribution in [0.4, 0.5) is 10.3 Å². The number of fused-ring (bicyclic) bond motifs is 1. The van der Waals surface area contributed by atoms with Gasteiger partial charge >= 0.3 is 0 Å². The number of pyridine rings is 1. The molecule has 34 heavy (non-hydrogen) atoms. The molecule has 1 unspecified atom stereocenters. The molecule has 0 bridgehead atoms. The monoisotopic (exact) mass is 469 g/mol. The summed E-state index contributed by atoms with van der Waals surface area (Å²) in [5.41, 5.74) is 10.4. The molecule has 0 saturated heterocycles. The number of nitrogens with two attached hydrogens (primary N) is 1. The van der Waals surface area contributed by atoms with Crippen LogP contribution in [0, 0.1) is 12.7 Å². The van der Waals surface area contributed by atoms with Crippen molar-refractivity contribution >= 4 is 11.7 Å². The standard InChI is InChI=1S/C12H10FNO.C12H18N4O3/c1-15-12-7-3-6-11(14-12)9-4-2-5-10(13)8-9;1-7-11-9(15-12(13)14-7)3-2-4-10(11)16-19-6-8(18)5-17/h2-8H,1H3;8,17-18H,2-6H2,1H3,(H2,13,14,15)/b;16-10+. The molecular formula is C24H28FN5O4. The molecule has 2 heterocycles. The van der Waals surface area contributed by atoms with Crippen molar-refractivity contribution in [2.24, 2.45) is 5.16 Å². The van der Waals surface area contributed by atoms with Crippen molar-refractivity contribution in [1.29, 1.82) is 0 Å². The molecule has 3 aromatic rings. The normalized spacial score (nSPS) is 14.6. The third-order valence-corrected chi connectivity index (χ3v) is 5.00. The fourth-order valence-corrected chi connectivity index (χ4v) is 3.44. The Morgan fingerprint density at radius 1 is 1.15 bits per heavy atom. The summed E-state index contributed by atoms with van der Waals surface area (Å²) in [7, 11) is 1.55. The molecule has 0 amide bonds. The van der Waals surface area contributed by atoms with Gasteiger partial charge in [0.05, 0.1) is 36.5 Å². The molecule has 10 heteroatoms. The van der Waals surface area contributed by atoms with E-state index in [4.69, 9.17) is 20.4 Å². The van der Waals surface area contributed by atoms with Crippen LogP contribution in [0.5, 0.6) is 5.88 Å². The highest BCUT2D eigenvalue weighted by molar-refractivity contribution is 6.02. The number of methoxy groups -OCH3 is 1. The van der Waals surface area contributed by atoms with Crippen molar-refractivity contribution < 1.29 is 24.2 Å². The molecule has 1 aromatic carbocycles. The van der Waals surface area contributed by atoms with E-state index in [0.717, 1.165) is 47.5 Å². The molecule has 2 aromatic heterocycles. The Kier molecular flexibility index (Phi) is 8.83. The molecule has 0 aliphatic heterocycles. The van der Waals surface area contributed by atoms with Gasteiger partial charge in [-0.3, -0.25) is 0 Å². The van der Waals surface area contributed by atoms with E-state index in [1.165, 1.54) is 12.1 Å². The summed E-state index contributed by atoms with van der Waals surface area (Å²) >= 11 is 0. The quantitative estimate of drug-likeness (QED) is 0.469. The Morgan fingerprint density at radius 2 is 1.94 bits per heavy atom. The van der Waals surface area contributed by atoms with Crippen LogP contribution >= 0.6 is 0 Å². The lowest BCUT2D eigenvalue weighted by atomic mass is 9.93. The van der Waals surface area contributed by atoms with Crippen LogP contribution in [0.2, 0.25) is 0 Å². The lowest BCUT2D eigenvalue weighted by Gasteiger charge is -2.18.